The third kappa shape index (κ3) is 3.84. The van der Waals surface area contributed by atoms with E-state index in [1.54, 1.807) is 7.11 Å². The normalized spacial score (nSPS) is 11.3. The molecule has 5 heteroatoms. The minimum atomic E-state index is 0. The second kappa shape index (κ2) is 6.88. The summed E-state index contributed by atoms with van der Waals surface area (Å²) >= 11 is 0. The monoisotopic (exact) mass is 423 g/mol. The van der Waals surface area contributed by atoms with Gasteiger partial charge in [0.15, 0.2) is 0 Å². The van der Waals surface area contributed by atoms with Gasteiger partial charge < -0.3 is 33.2 Å². The van der Waals surface area contributed by atoms with Crippen LogP contribution in [0.15, 0.2) is 48.7 Å². The van der Waals surface area contributed by atoms with Crippen LogP contribution in [0.3, 0.4) is 0 Å². The van der Waals surface area contributed by atoms with E-state index in [-0.39, 0.29) is 24.0 Å². The summed E-state index contributed by atoms with van der Waals surface area (Å²) in [6.07, 6.45) is 2.01. The molecule has 0 aliphatic rings. The van der Waals surface area contributed by atoms with Gasteiger partial charge in [0.05, 0.1) is 40.1 Å². The van der Waals surface area contributed by atoms with Gasteiger partial charge in [-0.1, -0.05) is 30.3 Å². The van der Waals surface area contributed by atoms with Crippen LogP contribution in [0.5, 0.6) is 5.75 Å². The van der Waals surface area contributed by atoms with Gasteiger partial charge in [-0.3, -0.25) is 4.40 Å². The van der Waals surface area contributed by atoms with Crippen molar-refractivity contribution in [2.75, 3.05) is 28.3 Å². The Morgan fingerprint density at radius 1 is 1.04 bits per heavy atom. The number of rotatable bonds is 4. The number of quaternary nitrogens is 1. The molecule has 0 unspecified atom stereocenters. The number of hydrogen-bond acceptors (Lipinski definition) is 2. The average Bonchev–Trinajstić information content (AvgIpc) is 2.84. The maximum absolute atomic E-state index is 5.37. The number of nitrogens with zero attached hydrogens (tertiary/aromatic N) is 3. The third-order valence-electron chi connectivity index (χ3n) is 3.60. The molecule has 2 heterocycles. The zero-order valence-electron chi connectivity index (χ0n) is 14.0. The van der Waals surface area contributed by atoms with Crippen LogP contribution in [0.25, 0.3) is 16.9 Å². The number of benzene rings is 1. The van der Waals surface area contributed by atoms with Gasteiger partial charge in [-0.2, -0.15) is 0 Å². The molecule has 1 aromatic carbocycles. The van der Waals surface area contributed by atoms with Crippen LogP contribution in [-0.4, -0.2) is 42.1 Å². The molecule has 122 valence electrons. The maximum atomic E-state index is 5.37. The van der Waals surface area contributed by atoms with Crippen LogP contribution in [0.2, 0.25) is 0 Å². The first kappa shape index (κ1) is 17.7. The summed E-state index contributed by atoms with van der Waals surface area (Å²) in [5, 5.41) is 0. The highest BCUT2D eigenvalue weighted by Crippen LogP contribution is 2.27. The predicted molar refractivity (Wildman–Crippen MR) is 88.9 cm³/mol. The number of hydrogen-bond donors (Lipinski definition) is 0. The molecule has 0 N–H and O–H groups in total. The van der Waals surface area contributed by atoms with Crippen molar-refractivity contribution in [1.29, 1.82) is 0 Å². The summed E-state index contributed by atoms with van der Waals surface area (Å²) in [7, 11) is 8.26. The third-order valence-corrected chi connectivity index (χ3v) is 3.60. The lowest BCUT2D eigenvalue weighted by molar-refractivity contribution is -0.884. The van der Waals surface area contributed by atoms with E-state index in [0.717, 1.165) is 33.7 Å². The number of imidazole rings is 1. The van der Waals surface area contributed by atoms with Crippen molar-refractivity contribution in [2.45, 2.75) is 6.54 Å². The number of halogens is 1. The van der Waals surface area contributed by atoms with E-state index in [4.69, 9.17) is 9.72 Å². The van der Waals surface area contributed by atoms with Gasteiger partial charge in [-0.25, -0.2) is 4.98 Å². The van der Waals surface area contributed by atoms with Gasteiger partial charge in [-0.05, 0) is 12.1 Å². The van der Waals surface area contributed by atoms with Crippen LogP contribution in [0.4, 0.5) is 0 Å². The highest BCUT2D eigenvalue weighted by atomic mass is 127. The molecule has 0 bridgehead atoms. The Hall–Kier alpha value is -1.60. The molecular weight excluding hydrogens is 401 g/mol. The van der Waals surface area contributed by atoms with E-state index < -0.39 is 0 Å². The van der Waals surface area contributed by atoms with Crippen LogP contribution in [0.1, 0.15) is 5.69 Å². The summed E-state index contributed by atoms with van der Waals surface area (Å²) < 4.78 is 8.35. The van der Waals surface area contributed by atoms with Crippen molar-refractivity contribution >= 4 is 5.65 Å². The molecule has 0 radical (unpaired) electrons. The fraction of sp³-hybridized carbons (Fsp3) is 0.278. The second-order valence-electron chi connectivity index (χ2n) is 6.52. The summed E-state index contributed by atoms with van der Waals surface area (Å²) in [6, 6.07) is 14.3. The first-order chi connectivity index (χ1) is 10.5. The van der Waals surface area contributed by atoms with E-state index in [1.165, 1.54) is 5.69 Å². The Bertz CT molecular complexity index is 791. The first-order valence-corrected chi connectivity index (χ1v) is 7.39. The van der Waals surface area contributed by atoms with Gasteiger partial charge in [0.1, 0.15) is 23.6 Å². The number of ether oxygens (including phenoxy) is 1. The van der Waals surface area contributed by atoms with E-state index >= 15 is 0 Å². The fourth-order valence-corrected chi connectivity index (χ4v) is 2.62. The minimum absolute atomic E-state index is 0. The molecule has 0 fully saturated rings. The number of methoxy groups -OCH3 is 1. The van der Waals surface area contributed by atoms with Crippen molar-refractivity contribution in [3.05, 3.63) is 54.4 Å². The van der Waals surface area contributed by atoms with Gasteiger partial charge in [0.25, 0.3) is 0 Å². The molecule has 2 aromatic heterocycles. The molecule has 0 aliphatic heterocycles. The number of fused-ring (bicyclic) bond motifs is 1. The number of aromatic nitrogens is 2. The van der Waals surface area contributed by atoms with Crippen molar-refractivity contribution < 1.29 is 33.2 Å². The van der Waals surface area contributed by atoms with Gasteiger partial charge in [0.2, 0.25) is 0 Å². The molecular formula is C18H22IN3O. The Labute approximate surface area is 154 Å². The Kier molecular flexibility index (Phi) is 5.31. The van der Waals surface area contributed by atoms with Crippen LogP contribution >= 0.6 is 0 Å². The van der Waals surface area contributed by atoms with Crippen LogP contribution in [-0.2, 0) is 6.54 Å². The molecule has 3 aromatic rings. The fourth-order valence-electron chi connectivity index (χ4n) is 2.62. The summed E-state index contributed by atoms with van der Waals surface area (Å²) in [5.41, 5.74) is 4.34. The van der Waals surface area contributed by atoms with Crippen molar-refractivity contribution in [3.8, 4) is 17.0 Å². The maximum Gasteiger partial charge on any atom is 0.138 e. The second-order valence-corrected chi connectivity index (χ2v) is 6.52. The smallest absolute Gasteiger partial charge is 0.138 e. The molecule has 0 spiro atoms. The van der Waals surface area contributed by atoms with E-state index in [2.05, 4.69) is 49.8 Å². The van der Waals surface area contributed by atoms with E-state index in [0.29, 0.717) is 0 Å². The average molecular weight is 423 g/mol. The molecule has 23 heavy (non-hydrogen) atoms. The molecule has 0 atom stereocenters. The Morgan fingerprint density at radius 3 is 2.35 bits per heavy atom. The van der Waals surface area contributed by atoms with Crippen LogP contribution < -0.4 is 28.7 Å². The van der Waals surface area contributed by atoms with Crippen molar-refractivity contribution in [2.24, 2.45) is 0 Å². The number of pyridine rings is 1. The lowest BCUT2D eigenvalue weighted by Crippen LogP contribution is -3.00. The quantitative estimate of drug-likeness (QED) is 0.444. The van der Waals surface area contributed by atoms with E-state index in [9.17, 15) is 0 Å². The summed E-state index contributed by atoms with van der Waals surface area (Å²) in [5.74, 6) is 0.840. The van der Waals surface area contributed by atoms with E-state index in [1.807, 2.05) is 24.4 Å². The molecule has 3 rings (SSSR count). The highest BCUT2D eigenvalue weighted by molar-refractivity contribution is 5.66. The van der Waals surface area contributed by atoms with Gasteiger partial charge in [0, 0.05) is 5.56 Å². The van der Waals surface area contributed by atoms with Crippen molar-refractivity contribution in [3.63, 3.8) is 0 Å². The lowest BCUT2D eigenvalue weighted by Gasteiger charge is -2.24. The molecule has 0 amide bonds. The molecule has 0 saturated heterocycles. The highest BCUT2D eigenvalue weighted by Gasteiger charge is 2.20. The Balaban J connectivity index is 0.00000192. The minimum Gasteiger partial charge on any atom is -1.00 e. The first-order valence-electron chi connectivity index (χ1n) is 7.39. The predicted octanol–water partition coefficient (Wildman–Crippen LogP) is 0.220. The molecule has 4 nitrogen and oxygen atoms in total. The SMILES string of the molecule is COc1ccc2nc(-c3ccccc3)c(C[N+](C)(C)C)n2c1.[I-]. The topological polar surface area (TPSA) is 26.5 Å². The van der Waals surface area contributed by atoms with Crippen LogP contribution in [0, 0.1) is 0 Å². The summed E-state index contributed by atoms with van der Waals surface area (Å²) in [4.78, 5) is 4.84. The lowest BCUT2D eigenvalue weighted by atomic mass is 10.1. The largest absolute Gasteiger partial charge is 1.00 e. The zero-order chi connectivity index (χ0) is 15.7. The van der Waals surface area contributed by atoms with Crippen molar-refractivity contribution in [1.82, 2.24) is 9.38 Å². The summed E-state index contributed by atoms with van der Waals surface area (Å²) in [6.45, 7) is 0.887. The standard InChI is InChI=1S/C18H22N3O.HI/c1-21(2,3)13-16-18(14-8-6-5-7-9-14)19-17-11-10-15(22-4)12-20(16)17;/h5-12H,13H2,1-4H3;1H/q+1;/p-1. The zero-order valence-corrected chi connectivity index (χ0v) is 16.1. The Morgan fingerprint density at radius 2 is 1.74 bits per heavy atom. The van der Waals surface area contributed by atoms with Gasteiger partial charge >= 0.3 is 0 Å². The molecule has 0 saturated carbocycles. The molecule has 0 aliphatic carbocycles. The van der Waals surface area contributed by atoms with Gasteiger partial charge in [-0.15, -0.1) is 0 Å².